The molecule has 0 aliphatic heterocycles. The highest BCUT2D eigenvalue weighted by Crippen LogP contribution is 2.23. The number of aromatic carboxylic acids is 1. The molecule has 2 N–H and O–H groups in total. The van der Waals surface area contributed by atoms with Crippen molar-refractivity contribution < 1.29 is 22.7 Å². The molecule has 0 radical (unpaired) electrons. The van der Waals surface area contributed by atoms with Crippen LogP contribution in [0.15, 0.2) is 41.3 Å². The fourth-order valence-corrected chi connectivity index (χ4v) is 3.38. The molecule has 2 aromatic rings. The van der Waals surface area contributed by atoms with Gasteiger partial charge < -0.3 is 5.11 Å². The number of hydrogen-bond acceptors (Lipinski definition) is 3. The molecule has 5 nitrogen and oxygen atoms in total. The molecule has 7 heteroatoms. The Hall–Kier alpha value is -2.41. The lowest BCUT2D eigenvalue weighted by atomic mass is 10.1. The lowest BCUT2D eigenvalue weighted by molar-refractivity contribution is 0.0697. The van der Waals surface area contributed by atoms with Crippen LogP contribution in [0, 0.1) is 19.7 Å². The first-order chi connectivity index (χ1) is 10.2. The molecule has 0 bridgehead atoms. The van der Waals surface area contributed by atoms with E-state index in [1.165, 1.54) is 31.2 Å². The lowest BCUT2D eigenvalue weighted by Gasteiger charge is -2.12. The molecule has 0 heterocycles. The second-order valence-electron chi connectivity index (χ2n) is 4.85. The number of anilines is 1. The Morgan fingerprint density at radius 2 is 1.77 bits per heavy atom. The molecule has 116 valence electrons. The van der Waals surface area contributed by atoms with Crippen LogP contribution in [0.1, 0.15) is 21.5 Å². The monoisotopic (exact) mass is 323 g/mol. The highest BCUT2D eigenvalue weighted by molar-refractivity contribution is 7.92. The number of sulfonamides is 1. The average Bonchev–Trinajstić information content (AvgIpc) is 2.40. The van der Waals surface area contributed by atoms with Crippen LogP contribution in [-0.2, 0) is 10.0 Å². The molecule has 0 saturated heterocycles. The Morgan fingerprint density at radius 3 is 2.32 bits per heavy atom. The summed E-state index contributed by atoms with van der Waals surface area (Å²) in [6.45, 7) is 3.10. The lowest BCUT2D eigenvalue weighted by Crippen LogP contribution is -2.15. The average molecular weight is 323 g/mol. The summed E-state index contributed by atoms with van der Waals surface area (Å²) in [7, 11) is -3.88. The molecule has 0 fully saturated rings. The Bertz CT molecular complexity index is 847. The van der Waals surface area contributed by atoms with Crippen molar-refractivity contribution in [2.45, 2.75) is 18.7 Å². The molecule has 0 amide bonds. The number of aryl methyl sites for hydroxylation is 2. The quantitative estimate of drug-likeness (QED) is 0.906. The summed E-state index contributed by atoms with van der Waals surface area (Å²) in [5.74, 6) is -1.61. The molecule has 0 aromatic heterocycles. The summed E-state index contributed by atoms with van der Waals surface area (Å²) in [6, 6.07) is 7.46. The first kappa shape index (κ1) is 16.0. The molecule has 0 atom stereocenters. The minimum atomic E-state index is -3.88. The second kappa shape index (κ2) is 5.76. The first-order valence-corrected chi connectivity index (χ1v) is 7.82. The van der Waals surface area contributed by atoms with Crippen molar-refractivity contribution in [2.24, 2.45) is 0 Å². The normalized spacial score (nSPS) is 11.2. The zero-order valence-electron chi connectivity index (χ0n) is 11.9. The smallest absolute Gasteiger partial charge is 0.335 e. The van der Waals surface area contributed by atoms with Gasteiger partial charge in [-0.05, 0) is 61.4 Å². The van der Waals surface area contributed by atoms with E-state index in [0.29, 0.717) is 5.56 Å². The maximum absolute atomic E-state index is 13.1. The van der Waals surface area contributed by atoms with E-state index in [9.17, 15) is 17.6 Å². The van der Waals surface area contributed by atoms with Crippen LogP contribution in [0.25, 0.3) is 0 Å². The highest BCUT2D eigenvalue weighted by Gasteiger charge is 2.18. The van der Waals surface area contributed by atoms with E-state index < -0.39 is 21.8 Å². The van der Waals surface area contributed by atoms with Crippen molar-refractivity contribution in [1.29, 1.82) is 0 Å². The summed E-state index contributed by atoms with van der Waals surface area (Å²) >= 11 is 0. The maximum Gasteiger partial charge on any atom is 0.335 e. The summed E-state index contributed by atoms with van der Waals surface area (Å²) in [6.07, 6.45) is 0. The standard InChI is InChI=1S/C15H14FNO4S/c1-9-7-11(15(18)19)3-5-13(9)17-22(20,21)14-6-4-12(16)8-10(14)2/h3-8,17H,1-2H3,(H,18,19). The molecule has 0 aliphatic carbocycles. The predicted octanol–water partition coefficient (Wildman–Crippen LogP) is 2.94. The summed E-state index contributed by atoms with van der Waals surface area (Å²) < 4.78 is 40.2. The van der Waals surface area contributed by atoms with Crippen LogP contribution in [0.5, 0.6) is 0 Å². The third-order valence-corrected chi connectivity index (χ3v) is 4.67. The minimum absolute atomic E-state index is 0.0318. The Kier molecular flexibility index (Phi) is 4.18. The van der Waals surface area contributed by atoms with Gasteiger partial charge in [-0.25, -0.2) is 17.6 Å². The predicted molar refractivity (Wildman–Crippen MR) is 80.1 cm³/mol. The molecule has 0 aliphatic rings. The zero-order chi connectivity index (χ0) is 16.5. The number of hydrogen-bond donors (Lipinski definition) is 2. The molecule has 2 rings (SSSR count). The van der Waals surface area contributed by atoms with Gasteiger partial charge in [0.1, 0.15) is 5.82 Å². The SMILES string of the molecule is Cc1cc(C(=O)O)ccc1NS(=O)(=O)c1ccc(F)cc1C. The van der Waals surface area contributed by atoms with Crippen molar-refractivity contribution in [3.8, 4) is 0 Å². The number of carboxylic acid groups (broad SMARTS) is 1. The third kappa shape index (κ3) is 3.25. The summed E-state index contributed by atoms with van der Waals surface area (Å²) in [5.41, 5.74) is 1.10. The van der Waals surface area contributed by atoms with E-state index in [1.54, 1.807) is 6.92 Å². The molecule has 22 heavy (non-hydrogen) atoms. The molecular formula is C15H14FNO4S. The number of rotatable bonds is 4. The molecule has 0 spiro atoms. The van der Waals surface area contributed by atoms with E-state index in [2.05, 4.69) is 4.72 Å². The molecular weight excluding hydrogens is 309 g/mol. The molecule has 2 aromatic carbocycles. The van der Waals surface area contributed by atoms with Crippen LogP contribution in [-0.4, -0.2) is 19.5 Å². The van der Waals surface area contributed by atoms with Crippen LogP contribution in [0.4, 0.5) is 10.1 Å². The van der Waals surface area contributed by atoms with E-state index >= 15 is 0 Å². The fourth-order valence-electron chi connectivity index (χ4n) is 2.03. The highest BCUT2D eigenvalue weighted by atomic mass is 32.2. The van der Waals surface area contributed by atoms with E-state index in [1.807, 2.05) is 0 Å². The summed E-state index contributed by atoms with van der Waals surface area (Å²) in [5, 5.41) is 8.90. The minimum Gasteiger partial charge on any atom is -0.478 e. The van der Waals surface area contributed by atoms with Gasteiger partial charge in [0.2, 0.25) is 0 Å². The Labute approximate surface area is 127 Å². The van der Waals surface area contributed by atoms with E-state index in [0.717, 1.165) is 12.1 Å². The van der Waals surface area contributed by atoms with Gasteiger partial charge in [-0.15, -0.1) is 0 Å². The number of halogens is 1. The maximum atomic E-state index is 13.1. The van der Waals surface area contributed by atoms with Crippen molar-refractivity contribution in [1.82, 2.24) is 0 Å². The third-order valence-electron chi connectivity index (χ3n) is 3.14. The van der Waals surface area contributed by atoms with Crippen molar-refractivity contribution in [2.75, 3.05) is 4.72 Å². The second-order valence-corrected chi connectivity index (χ2v) is 6.50. The topological polar surface area (TPSA) is 83.5 Å². The van der Waals surface area contributed by atoms with Crippen molar-refractivity contribution >= 4 is 21.7 Å². The van der Waals surface area contributed by atoms with Crippen LogP contribution in [0.3, 0.4) is 0 Å². The molecule has 0 saturated carbocycles. The number of nitrogens with one attached hydrogen (secondary N) is 1. The number of carboxylic acids is 1. The van der Waals surface area contributed by atoms with Crippen molar-refractivity contribution in [3.63, 3.8) is 0 Å². The van der Waals surface area contributed by atoms with E-state index in [-0.39, 0.29) is 21.7 Å². The van der Waals surface area contributed by atoms with Gasteiger partial charge in [-0.1, -0.05) is 0 Å². The van der Waals surface area contributed by atoms with Crippen LogP contribution < -0.4 is 4.72 Å². The zero-order valence-corrected chi connectivity index (χ0v) is 12.7. The fraction of sp³-hybridized carbons (Fsp3) is 0.133. The molecule has 0 unspecified atom stereocenters. The van der Waals surface area contributed by atoms with Gasteiger partial charge in [0, 0.05) is 0 Å². The van der Waals surface area contributed by atoms with Crippen LogP contribution in [0.2, 0.25) is 0 Å². The van der Waals surface area contributed by atoms with Crippen molar-refractivity contribution in [3.05, 3.63) is 58.9 Å². The number of benzene rings is 2. The van der Waals surface area contributed by atoms with Gasteiger partial charge in [-0.3, -0.25) is 4.72 Å². The number of carbonyl (C=O) groups is 1. The first-order valence-electron chi connectivity index (χ1n) is 6.33. The van der Waals surface area contributed by atoms with Gasteiger partial charge in [0.05, 0.1) is 16.1 Å². The van der Waals surface area contributed by atoms with E-state index in [4.69, 9.17) is 5.11 Å². The van der Waals surface area contributed by atoms with Crippen LogP contribution >= 0.6 is 0 Å². The Balaban J connectivity index is 2.39. The Morgan fingerprint density at radius 1 is 1.09 bits per heavy atom. The summed E-state index contributed by atoms with van der Waals surface area (Å²) in [4.78, 5) is 10.8. The van der Waals surface area contributed by atoms with Gasteiger partial charge in [0.15, 0.2) is 0 Å². The van der Waals surface area contributed by atoms with Gasteiger partial charge in [0.25, 0.3) is 10.0 Å². The van der Waals surface area contributed by atoms with Gasteiger partial charge >= 0.3 is 5.97 Å². The largest absolute Gasteiger partial charge is 0.478 e. The van der Waals surface area contributed by atoms with Gasteiger partial charge in [-0.2, -0.15) is 0 Å².